The van der Waals surface area contributed by atoms with Crippen molar-refractivity contribution in [1.29, 1.82) is 0 Å². The molecule has 0 radical (unpaired) electrons. The summed E-state index contributed by atoms with van der Waals surface area (Å²) in [6.45, 7) is 1.67. The predicted octanol–water partition coefficient (Wildman–Crippen LogP) is 3.48. The van der Waals surface area contributed by atoms with E-state index in [1.807, 2.05) is 6.92 Å². The van der Waals surface area contributed by atoms with Gasteiger partial charge in [0, 0.05) is 16.7 Å². The fraction of sp³-hybridized carbons (Fsp3) is 0.643. The van der Waals surface area contributed by atoms with Crippen molar-refractivity contribution in [2.75, 3.05) is 12.4 Å². The highest BCUT2D eigenvalue weighted by Gasteiger charge is 2.20. The van der Waals surface area contributed by atoms with Crippen molar-refractivity contribution < 1.29 is 13.9 Å². The molecular formula is C14H21BrF2N2OS. The first-order valence-electron chi connectivity index (χ1n) is 6.89. The quantitative estimate of drug-likeness (QED) is 0.523. The number of nitrogens with two attached hydrogens (primary N) is 1. The average Bonchev–Trinajstić information content (AvgIpc) is 2.41. The molecule has 1 rings (SSSR count). The van der Waals surface area contributed by atoms with Crippen LogP contribution in [0, 0.1) is 0 Å². The lowest BCUT2D eigenvalue weighted by atomic mass is 9.97. The van der Waals surface area contributed by atoms with Crippen LogP contribution in [0.5, 0.6) is 0 Å². The summed E-state index contributed by atoms with van der Waals surface area (Å²) in [5.74, 6) is 0.246. The number of nitrogens with zero attached hydrogens (tertiary/aromatic N) is 1. The Morgan fingerprint density at radius 2 is 2.38 bits per heavy atom. The second-order valence-electron chi connectivity index (χ2n) is 4.85. The van der Waals surface area contributed by atoms with Gasteiger partial charge >= 0.3 is 0 Å². The summed E-state index contributed by atoms with van der Waals surface area (Å²) in [6, 6.07) is -0.582. The Morgan fingerprint density at radius 1 is 1.67 bits per heavy atom. The van der Waals surface area contributed by atoms with Gasteiger partial charge in [-0.25, -0.2) is 8.78 Å². The first kappa shape index (κ1) is 18.6. The highest BCUT2D eigenvalue weighted by atomic mass is 79.9. The van der Waals surface area contributed by atoms with Gasteiger partial charge in [0.25, 0.3) is 0 Å². The van der Waals surface area contributed by atoms with Gasteiger partial charge in [0.1, 0.15) is 12.3 Å². The van der Waals surface area contributed by atoms with Crippen LogP contribution in [0.4, 0.5) is 8.78 Å². The molecule has 0 fully saturated rings. The van der Waals surface area contributed by atoms with Gasteiger partial charge in [0.15, 0.2) is 5.17 Å². The minimum absolute atomic E-state index is 0.184. The summed E-state index contributed by atoms with van der Waals surface area (Å²) in [4.78, 5) is 4.18. The van der Waals surface area contributed by atoms with Crippen molar-refractivity contribution in [3.63, 3.8) is 0 Å². The third-order valence-electron chi connectivity index (χ3n) is 2.99. The number of hydrogen-bond acceptors (Lipinski definition) is 3. The third-order valence-corrected chi connectivity index (χ3v) is 4.41. The van der Waals surface area contributed by atoms with Gasteiger partial charge in [-0.15, -0.1) is 0 Å². The molecule has 0 aliphatic heterocycles. The zero-order valence-corrected chi connectivity index (χ0v) is 14.3. The lowest BCUT2D eigenvalue weighted by Gasteiger charge is -2.19. The van der Waals surface area contributed by atoms with Crippen LogP contribution in [0.2, 0.25) is 0 Å². The van der Waals surface area contributed by atoms with Crippen LogP contribution < -0.4 is 5.73 Å². The molecule has 7 heteroatoms. The summed E-state index contributed by atoms with van der Waals surface area (Å²) >= 11 is 4.36. The van der Waals surface area contributed by atoms with E-state index in [2.05, 4.69) is 20.9 Å². The molecule has 3 N–H and O–H groups in total. The smallest absolute Gasteiger partial charge is 0.154 e. The van der Waals surface area contributed by atoms with E-state index in [1.165, 1.54) is 6.08 Å². The Hall–Kier alpha value is -0.400. The summed E-state index contributed by atoms with van der Waals surface area (Å²) in [5, 5.41) is 9.63. The lowest BCUT2D eigenvalue weighted by molar-refractivity contribution is 0.274. The van der Waals surface area contributed by atoms with Crippen molar-refractivity contribution in [3.05, 3.63) is 22.2 Å². The second kappa shape index (κ2) is 9.58. The molecule has 0 aromatic heterocycles. The Morgan fingerprint density at radius 3 is 2.95 bits per heavy atom. The van der Waals surface area contributed by atoms with Gasteiger partial charge in [0.2, 0.25) is 0 Å². The van der Waals surface area contributed by atoms with Crippen molar-refractivity contribution in [1.82, 2.24) is 0 Å². The molecule has 0 aromatic carbocycles. The number of alkyl halides is 2. The minimum atomic E-state index is -1.10. The Balaban J connectivity index is 2.64. The molecular weight excluding hydrogens is 362 g/mol. The maximum absolute atomic E-state index is 13.5. The van der Waals surface area contributed by atoms with E-state index >= 15 is 0 Å². The number of aliphatic hydroxyl groups is 1. The van der Waals surface area contributed by atoms with Gasteiger partial charge in [-0.1, -0.05) is 41.0 Å². The second-order valence-corrected chi connectivity index (χ2v) is 6.81. The van der Waals surface area contributed by atoms with Gasteiger partial charge in [-0.2, -0.15) is 0 Å². The van der Waals surface area contributed by atoms with Crippen LogP contribution in [-0.2, 0) is 0 Å². The molecule has 3 atom stereocenters. The van der Waals surface area contributed by atoms with Crippen LogP contribution in [0.25, 0.3) is 0 Å². The van der Waals surface area contributed by atoms with E-state index in [-0.39, 0.29) is 23.9 Å². The van der Waals surface area contributed by atoms with Crippen LogP contribution in [0.3, 0.4) is 0 Å². The molecule has 0 spiro atoms. The zero-order valence-electron chi connectivity index (χ0n) is 11.9. The van der Waals surface area contributed by atoms with Crippen molar-refractivity contribution >= 4 is 32.9 Å². The topological polar surface area (TPSA) is 58.6 Å². The standard InChI is InChI=1S/C14H21BrF2N2OS/c1-2-3-11(16)8-21-14(18)19-13(7-20)9-4-10(15)6-12(17)5-9/h4,6,11-13,20H,2-3,5,7-8H2,1H3,(H2,18,19)/t11-,12?,13-/m1/s1. The van der Waals surface area contributed by atoms with E-state index in [0.717, 1.165) is 18.2 Å². The molecule has 1 aliphatic rings. The van der Waals surface area contributed by atoms with Crippen molar-refractivity contribution in [2.45, 2.75) is 44.6 Å². The van der Waals surface area contributed by atoms with Crippen molar-refractivity contribution in [3.8, 4) is 0 Å². The predicted molar refractivity (Wildman–Crippen MR) is 89.4 cm³/mol. The van der Waals surface area contributed by atoms with E-state index < -0.39 is 18.4 Å². The first-order chi connectivity index (χ1) is 9.96. The molecule has 21 heavy (non-hydrogen) atoms. The minimum Gasteiger partial charge on any atom is -0.394 e. The van der Waals surface area contributed by atoms with Crippen LogP contribution >= 0.6 is 27.7 Å². The number of allylic oxidation sites excluding steroid dienone is 3. The Labute approximate surface area is 136 Å². The number of halogens is 3. The SMILES string of the molecule is CCC[C@@H](F)CSC(N)=N[C@H](CO)C1=CC(Br)=CC(F)C1. The average molecular weight is 383 g/mol. The van der Waals surface area contributed by atoms with Crippen LogP contribution in [-0.4, -0.2) is 41.0 Å². The number of amidine groups is 1. The molecule has 1 aliphatic carbocycles. The highest BCUT2D eigenvalue weighted by molar-refractivity contribution is 9.11. The van der Waals surface area contributed by atoms with E-state index in [1.54, 1.807) is 6.08 Å². The molecule has 0 amide bonds. The molecule has 0 heterocycles. The summed E-state index contributed by atoms with van der Waals surface area (Å²) < 4.78 is 27.5. The van der Waals surface area contributed by atoms with Gasteiger partial charge in [-0.3, -0.25) is 4.99 Å². The largest absolute Gasteiger partial charge is 0.394 e. The fourth-order valence-electron chi connectivity index (χ4n) is 1.98. The molecule has 0 bridgehead atoms. The number of hydrogen-bond donors (Lipinski definition) is 2. The van der Waals surface area contributed by atoms with Crippen molar-refractivity contribution in [2.24, 2.45) is 10.7 Å². The summed E-state index contributed by atoms with van der Waals surface area (Å²) in [5.41, 5.74) is 6.43. The van der Waals surface area contributed by atoms with Gasteiger partial charge < -0.3 is 10.8 Å². The zero-order chi connectivity index (χ0) is 15.8. The Kier molecular flexibility index (Phi) is 8.51. The maximum Gasteiger partial charge on any atom is 0.154 e. The number of aliphatic imine (C=N–C) groups is 1. The molecule has 0 saturated heterocycles. The molecule has 3 nitrogen and oxygen atoms in total. The number of rotatable bonds is 7. The van der Waals surface area contributed by atoms with E-state index in [9.17, 15) is 13.9 Å². The van der Waals surface area contributed by atoms with Gasteiger partial charge in [-0.05, 0) is 24.1 Å². The highest BCUT2D eigenvalue weighted by Crippen LogP contribution is 2.27. The third kappa shape index (κ3) is 6.93. The van der Waals surface area contributed by atoms with Crippen LogP contribution in [0.1, 0.15) is 26.2 Å². The first-order valence-corrected chi connectivity index (χ1v) is 8.67. The van der Waals surface area contributed by atoms with Gasteiger partial charge in [0.05, 0.1) is 12.6 Å². The normalized spacial score (nSPS) is 22.5. The summed E-state index contributed by atoms with van der Waals surface area (Å²) in [7, 11) is 0. The monoisotopic (exact) mass is 382 g/mol. The molecule has 1 unspecified atom stereocenters. The fourth-order valence-corrected chi connectivity index (χ4v) is 3.28. The molecule has 120 valence electrons. The Bertz CT molecular complexity index is 429. The molecule has 0 saturated carbocycles. The lowest BCUT2D eigenvalue weighted by Crippen LogP contribution is -2.22. The summed E-state index contributed by atoms with van der Waals surface area (Å²) in [6.07, 6.45) is 2.65. The molecule has 0 aromatic rings. The number of aliphatic hydroxyl groups excluding tert-OH is 1. The van der Waals surface area contributed by atoms with E-state index in [4.69, 9.17) is 5.73 Å². The number of thioether (sulfide) groups is 1. The maximum atomic E-state index is 13.5. The van der Waals surface area contributed by atoms with E-state index in [0.29, 0.717) is 16.5 Å². The van der Waals surface area contributed by atoms with Crippen LogP contribution in [0.15, 0.2) is 27.2 Å².